The van der Waals surface area contributed by atoms with Gasteiger partial charge >= 0.3 is 0 Å². The van der Waals surface area contributed by atoms with Gasteiger partial charge in [-0.25, -0.2) is 0 Å². The average molecular weight is 787 g/mol. The fourth-order valence-electron chi connectivity index (χ4n) is 7.07. The highest BCUT2D eigenvalue weighted by Crippen LogP contribution is 2.32. The van der Waals surface area contributed by atoms with Gasteiger partial charge in [0.15, 0.2) is 6.29 Å². The van der Waals surface area contributed by atoms with E-state index in [2.05, 4.69) is 131 Å². The van der Waals surface area contributed by atoms with Crippen molar-refractivity contribution in [1.29, 1.82) is 0 Å². The maximum Gasteiger partial charge on any atom is 0.160 e. The Balaban J connectivity index is 0.000000214. The molecule has 0 aliphatic rings. The number of rotatable bonds is 20. The zero-order valence-electron chi connectivity index (χ0n) is 33.5. The third-order valence-corrected chi connectivity index (χ3v) is 12.3. The van der Waals surface area contributed by atoms with Crippen LogP contribution in [0.25, 0.3) is 20.9 Å². The van der Waals surface area contributed by atoms with E-state index in [1.807, 2.05) is 18.2 Å². The molecule has 1 N–H and O–H groups in total. The summed E-state index contributed by atoms with van der Waals surface area (Å²) >= 11 is 3.14. The second kappa shape index (κ2) is 22.9. The van der Waals surface area contributed by atoms with Crippen LogP contribution in [-0.4, -0.2) is 11.4 Å². The Morgan fingerprint density at radius 1 is 0.518 bits per heavy atom. The number of aliphatic hydroxyl groups is 1. The van der Waals surface area contributed by atoms with Crippen molar-refractivity contribution in [3.8, 4) is 32.4 Å². The van der Waals surface area contributed by atoms with E-state index in [1.54, 1.807) is 11.3 Å². The van der Waals surface area contributed by atoms with Gasteiger partial charge in [-0.15, -0.1) is 22.7 Å². The summed E-state index contributed by atoms with van der Waals surface area (Å²) in [4.78, 5) is 14.9. The molecular weight excluding hydrogens is 729 g/mol. The molecule has 0 unspecified atom stereocenters. The predicted molar refractivity (Wildman–Crippen MR) is 237 cm³/mol. The molecule has 0 saturated carbocycles. The Morgan fingerprint density at radius 3 is 1.29 bits per heavy atom. The summed E-state index contributed by atoms with van der Waals surface area (Å²) < 4.78 is 12.0. The first-order chi connectivity index (χ1) is 27.5. The van der Waals surface area contributed by atoms with E-state index in [1.165, 1.54) is 84.3 Å². The van der Waals surface area contributed by atoms with E-state index in [9.17, 15) is 9.90 Å². The molecular formula is C50H58O4S2. The first-order valence-corrected chi connectivity index (χ1v) is 22.0. The quantitative estimate of drug-likeness (QED) is 0.0783. The second-order valence-corrected chi connectivity index (χ2v) is 16.7. The topological polar surface area (TPSA) is 55.8 Å². The minimum atomic E-state index is 0.104. The lowest BCUT2D eigenvalue weighted by molar-refractivity contribution is 0.112. The zero-order chi connectivity index (χ0) is 39.5. The summed E-state index contributed by atoms with van der Waals surface area (Å²) in [7, 11) is 0. The minimum absolute atomic E-state index is 0.104. The smallest absolute Gasteiger partial charge is 0.160 e. The molecule has 6 aromatic rings. The van der Waals surface area contributed by atoms with Gasteiger partial charge in [0.25, 0.3) is 0 Å². The van der Waals surface area contributed by atoms with Gasteiger partial charge in [-0.2, -0.15) is 0 Å². The molecule has 2 aromatic heterocycles. The number of aldehydes is 1. The van der Waals surface area contributed by atoms with Crippen LogP contribution in [0.5, 0.6) is 11.5 Å². The Bertz CT molecular complexity index is 1980. The van der Waals surface area contributed by atoms with Crippen molar-refractivity contribution in [2.45, 2.75) is 111 Å². The van der Waals surface area contributed by atoms with E-state index in [0.29, 0.717) is 25.0 Å². The highest BCUT2D eigenvalue weighted by molar-refractivity contribution is 7.17. The number of aliphatic hydroxyl groups excluding tert-OH is 1. The highest BCUT2D eigenvalue weighted by atomic mass is 32.1. The molecule has 0 spiro atoms. The molecule has 0 bridgehead atoms. The van der Waals surface area contributed by atoms with Gasteiger partial charge in [0, 0.05) is 14.6 Å². The predicted octanol–water partition coefficient (Wildman–Crippen LogP) is 14.7. The maximum absolute atomic E-state index is 10.8. The molecule has 6 rings (SSSR count). The summed E-state index contributed by atoms with van der Waals surface area (Å²) in [6.45, 7) is 10.3. The van der Waals surface area contributed by atoms with Crippen LogP contribution in [0.15, 0.2) is 121 Å². The van der Waals surface area contributed by atoms with Gasteiger partial charge in [0.1, 0.15) is 24.7 Å². The van der Waals surface area contributed by atoms with E-state index >= 15 is 0 Å². The second-order valence-electron chi connectivity index (χ2n) is 14.4. The average Bonchev–Trinajstić information content (AvgIpc) is 3.94. The molecule has 0 fully saturated rings. The van der Waals surface area contributed by atoms with Crippen LogP contribution in [0.2, 0.25) is 0 Å². The van der Waals surface area contributed by atoms with Crippen molar-refractivity contribution < 1.29 is 19.4 Å². The largest absolute Gasteiger partial charge is 0.489 e. The molecule has 0 amide bonds. The standard InChI is InChI=1S/C25H30O2S.C25H28O2S/c2*1-3-5-20(6-4-2)21-11-13-23(14-12-21)27-18-19-7-9-22(10-8-19)25-16-15-24(17-26)28-25/h7-16,20,26H,3-6,17-18H2,1-2H3;7-17,20H,3-6,18H2,1-2H3. The molecule has 0 aliphatic heterocycles. The summed E-state index contributed by atoms with van der Waals surface area (Å²) in [5.74, 6) is 3.16. The molecule has 4 aromatic carbocycles. The summed E-state index contributed by atoms with van der Waals surface area (Å²) in [6, 6.07) is 42.0. The lowest BCUT2D eigenvalue weighted by Crippen LogP contribution is -1.99. The monoisotopic (exact) mass is 786 g/mol. The molecule has 2 heterocycles. The van der Waals surface area contributed by atoms with E-state index in [-0.39, 0.29) is 6.61 Å². The summed E-state index contributed by atoms with van der Waals surface area (Å²) in [5, 5.41) is 9.21. The highest BCUT2D eigenvalue weighted by Gasteiger charge is 2.11. The van der Waals surface area contributed by atoms with Crippen LogP contribution >= 0.6 is 22.7 Å². The molecule has 6 heteroatoms. The molecule has 4 nitrogen and oxygen atoms in total. The number of thiophene rings is 2. The van der Waals surface area contributed by atoms with E-state index in [4.69, 9.17) is 9.47 Å². The van der Waals surface area contributed by atoms with Crippen LogP contribution in [-0.2, 0) is 19.8 Å². The fourth-order valence-corrected chi connectivity index (χ4v) is 8.78. The van der Waals surface area contributed by atoms with E-state index < -0.39 is 0 Å². The van der Waals surface area contributed by atoms with Gasteiger partial charge in [0.05, 0.1) is 11.5 Å². The lowest BCUT2D eigenvalue weighted by Gasteiger charge is -2.16. The Morgan fingerprint density at radius 2 is 0.929 bits per heavy atom. The van der Waals surface area contributed by atoms with Crippen molar-refractivity contribution in [2.75, 3.05) is 0 Å². The van der Waals surface area contributed by atoms with Crippen LogP contribution in [0.4, 0.5) is 0 Å². The van der Waals surface area contributed by atoms with Crippen LogP contribution in [0.3, 0.4) is 0 Å². The van der Waals surface area contributed by atoms with Crippen molar-refractivity contribution >= 4 is 29.0 Å². The van der Waals surface area contributed by atoms with Crippen molar-refractivity contribution in [1.82, 2.24) is 0 Å². The summed E-state index contributed by atoms with van der Waals surface area (Å²) in [5.41, 5.74) is 7.45. The van der Waals surface area contributed by atoms with Crippen LogP contribution in [0.1, 0.15) is 128 Å². The van der Waals surface area contributed by atoms with Gasteiger partial charge in [-0.05, 0) is 119 Å². The molecule has 0 saturated heterocycles. The zero-order valence-corrected chi connectivity index (χ0v) is 35.2. The first-order valence-electron chi connectivity index (χ1n) is 20.3. The lowest BCUT2D eigenvalue weighted by atomic mass is 9.90. The molecule has 56 heavy (non-hydrogen) atoms. The third kappa shape index (κ3) is 12.8. The van der Waals surface area contributed by atoms with Crippen molar-refractivity contribution in [2.24, 2.45) is 0 Å². The van der Waals surface area contributed by atoms with Gasteiger partial charge < -0.3 is 14.6 Å². The minimum Gasteiger partial charge on any atom is -0.489 e. The number of carbonyl (C=O) groups excluding carboxylic acids is 1. The van der Waals surface area contributed by atoms with E-state index in [0.717, 1.165) is 49.1 Å². The molecule has 0 aliphatic carbocycles. The van der Waals surface area contributed by atoms with Crippen LogP contribution < -0.4 is 9.47 Å². The SMILES string of the molecule is CCCC(CCC)c1ccc(OCc2ccc(-c3ccc(C=O)s3)cc2)cc1.CCCC(CCC)c1ccc(OCc2ccc(-c3ccc(CO)s3)cc2)cc1. The first kappa shape index (κ1) is 42.6. The Kier molecular flexibility index (Phi) is 17.4. The maximum atomic E-state index is 10.8. The Hall–Kier alpha value is -4.49. The molecule has 0 atom stereocenters. The number of benzene rings is 4. The molecule has 0 radical (unpaired) electrons. The number of hydrogen-bond acceptors (Lipinski definition) is 6. The third-order valence-electron chi connectivity index (χ3n) is 10.1. The fraction of sp³-hybridized carbons (Fsp3) is 0.340. The normalized spacial score (nSPS) is 11.1. The van der Waals surface area contributed by atoms with Gasteiger partial charge in [0.2, 0.25) is 0 Å². The summed E-state index contributed by atoms with van der Waals surface area (Å²) in [6.07, 6.45) is 10.8. The van der Waals surface area contributed by atoms with Crippen LogP contribution in [0, 0.1) is 0 Å². The Labute approximate surface area is 343 Å². The van der Waals surface area contributed by atoms with Gasteiger partial charge in [-0.3, -0.25) is 4.79 Å². The number of ether oxygens (including phenoxy) is 2. The van der Waals surface area contributed by atoms with Crippen molar-refractivity contribution in [3.05, 3.63) is 153 Å². The van der Waals surface area contributed by atoms with Crippen molar-refractivity contribution in [3.63, 3.8) is 0 Å². The number of hydrogen-bond donors (Lipinski definition) is 1. The number of carbonyl (C=O) groups is 1. The van der Waals surface area contributed by atoms with Gasteiger partial charge in [-0.1, -0.05) is 126 Å². The molecule has 294 valence electrons.